The number of hydrogen-bond acceptors (Lipinski definition) is 1. The lowest BCUT2D eigenvalue weighted by Gasteiger charge is -1.87. The van der Waals surface area contributed by atoms with Gasteiger partial charge >= 0.3 is 0 Å². The maximum Gasteiger partial charge on any atom is 0.0615 e. The fraction of sp³-hybridized carbons (Fsp3) is 0.111. The van der Waals surface area contributed by atoms with E-state index in [2.05, 4.69) is 6.07 Å². The highest BCUT2D eigenvalue weighted by atomic mass is 16.2. The van der Waals surface area contributed by atoms with E-state index in [4.69, 9.17) is 5.11 Å². The van der Waals surface area contributed by atoms with Crippen molar-refractivity contribution in [3.05, 3.63) is 42.0 Å². The molecule has 1 nitrogen and oxygen atoms in total. The largest absolute Gasteiger partial charge is 0.392 e. The minimum absolute atomic E-state index is 0.0922. The first kappa shape index (κ1) is 7.03. The fourth-order valence-corrected chi connectivity index (χ4v) is 0.700. The van der Waals surface area contributed by atoms with Crippen LogP contribution in [0, 0.1) is 6.07 Å². The van der Waals surface area contributed by atoms with Gasteiger partial charge in [-0.05, 0) is 17.7 Å². The Balaban J connectivity index is 2.67. The van der Waals surface area contributed by atoms with Gasteiger partial charge in [-0.25, -0.2) is 0 Å². The van der Waals surface area contributed by atoms with E-state index in [9.17, 15) is 0 Å². The Labute approximate surface area is 60.6 Å². The summed E-state index contributed by atoms with van der Waals surface area (Å²) < 4.78 is 0. The Morgan fingerprint density at radius 3 is 3.10 bits per heavy atom. The van der Waals surface area contributed by atoms with Crippen LogP contribution in [0.25, 0.3) is 6.08 Å². The zero-order valence-corrected chi connectivity index (χ0v) is 5.62. The number of aliphatic hydroxyl groups excluding tert-OH is 1. The summed E-state index contributed by atoms with van der Waals surface area (Å²) in [6.45, 7) is 0.0922. The first-order chi connectivity index (χ1) is 4.93. The van der Waals surface area contributed by atoms with Crippen molar-refractivity contribution < 1.29 is 5.11 Å². The topological polar surface area (TPSA) is 20.2 Å². The van der Waals surface area contributed by atoms with Crippen molar-refractivity contribution in [1.29, 1.82) is 0 Å². The first-order valence-electron chi connectivity index (χ1n) is 3.17. The summed E-state index contributed by atoms with van der Waals surface area (Å²) in [7, 11) is 0. The lowest BCUT2D eigenvalue weighted by atomic mass is 10.2. The molecule has 1 radical (unpaired) electrons. The van der Waals surface area contributed by atoms with Crippen molar-refractivity contribution >= 4 is 6.08 Å². The van der Waals surface area contributed by atoms with E-state index < -0.39 is 0 Å². The maximum absolute atomic E-state index is 8.43. The molecule has 0 aliphatic carbocycles. The quantitative estimate of drug-likeness (QED) is 0.648. The van der Waals surface area contributed by atoms with Crippen LogP contribution in [0.15, 0.2) is 30.3 Å². The van der Waals surface area contributed by atoms with Crippen molar-refractivity contribution in [3.8, 4) is 0 Å². The molecular weight excluding hydrogens is 124 g/mol. The number of benzene rings is 1. The van der Waals surface area contributed by atoms with Crippen LogP contribution in [0.4, 0.5) is 0 Å². The van der Waals surface area contributed by atoms with E-state index in [-0.39, 0.29) is 6.61 Å². The lowest BCUT2D eigenvalue weighted by Crippen LogP contribution is -1.72. The summed E-state index contributed by atoms with van der Waals surface area (Å²) >= 11 is 0. The summed E-state index contributed by atoms with van der Waals surface area (Å²) in [6.07, 6.45) is 3.56. The molecule has 0 fully saturated rings. The van der Waals surface area contributed by atoms with Crippen LogP contribution in [0.2, 0.25) is 0 Å². The van der Waals surface area contributed by atoms with Crippen LogP contribution in [-0.4, -0.2) is 11.7 Å². The third-order valence-corrected chi connectivity index (χ3v) is 1.15. The Bertz CT molecular complexity index is 201. The number of hydrogen-bond donors (Lipinski definition) is 1. The fourth-order valence-electron chi connectivity index (χ4n) is 0.700. The van der Waals surface area contributed by atoms with Crippen molar-refractivity contribution in [2.45, 2.75) is 0 Å². The Morgan fingerprint density at radius 2 is 2.50 bits per heavy atom. The van der Waals surface area contributed by atoms with Gasteiger partial charge in [0.2, 0.25) is 0 Å². The van der Waals surface area contributed by atoms with Gasteiger partial charge in [-0.3, -0.25) is 0 Å². The van der Waals surface area contributed by atoms with Gasteiger partial charge in [-0.2, -0.15) is 0 Å². The van der Waals surface area contributed by atoms with Gasteiger partial charge in [0.05, 0.1) is 6.61 Å². The van der Waals surface area contributed by atoms with E-state index >= 15 is 0 Å². The molecule has 0 amide bonds. The van der Waals surface area contributed by atoms with Gasteiger partial charge in [0.25, 0.3) is 0 Å². The molecule has 1 rings (SSSR count). The zero-order valence-electron chi connectivity index (χ0n) is 5.62. The molecule has 0 aromatic heterocycles. The molecule has 0 saturated heterocycles. The second-order valence-electron chi connectivity index (χ2n) is 1.92. The third kappa shape index (κ3) is 2.03. The second kappa shape index (κ2) is 3.85. The highest BCUT2D eigenvalue weighted by molar-refractivity contribution is 5.48. The van der Waals surface area contributed by atoms with Crippen LogP contribution < -0.4 is 0 Å². The molecule has 1 N–H and O–H groups in total. The molecule has 0 atom stereocenters. The predicted molar refractivity (Wildman–Crippen MR) is 41.4 cm³/mol. The molecule has 10 heavy (non-hydrogen) atoms. The molecule has 0 heterocycles. The molecule has 51 valence electrons. The monoisotopic (exact) mass is 133 g/mol. The minimum atomic E-state index is 0.0922. The SMILES string of the molecule is OCC=Cc1c[c]ccc1. The van der Waals surface area contributed by atoms with Gasteiger partial charge in [0.1, 0.15) is 0 Å². The summed E-state index contributed by atoms with van der Waals surface area (Å²) in [5.41, 5.74) is 1.07. The molecule has 1 heteroatoms. The molecule has 0 aliphatic heterocycles. The summed E-state index contributed by atoms with van der Waals surface area (Å²) in [6, 6.07) is 10.5. The van der Waals surface area contributed by atoms with Crippen LogP contribution >= 0.6 is 0 Å². The van der Waals surface area contributed by atoms with Crippen molar-refractivity contribution in [3.63, 3.8) is 0 Å². The van der Waals surface area contributed by atoms with E-state index in [1.165, 1.54) is 0 Å². The summed E-state index contributed by atoms with van der Waals surface area (Å²) in [4.78, 5) is 0. The highest BCUT2D eigenvalue weighted by Gasteiger charge is 1.79. The van der Waals surface area contributed by atoms with Gasteiger partial charge in [-0.15, -0.1) is 0 Å². The molecular formula is C9H9O. The number of aliphatic hydroxyl groups is 1. The van der Waals surface area contributed by atoms with Crippen LogP contribution in [-0.2, 0) is 0 Å². The van der Waals surface area contributed by atoms with Crippen molar-refractivity contribution in [2.24, 2.45) is 0 Å². The van der Waals surface area contributed by atoms with E-state index in [1.807, 2.05) is 30.3 Å². The molecule has 0 saturated carbocycles. The average molecular weight is 133 g/mol. The summed E-state index contributed by atoms with van der Waals surface area (Å²) in [5.74, 6) is 0. The molecule has 0 spiro atoms. The van der Waals surface area contributed by atoms with Gasteiger partial charge in [-0.1, -0.05) is 30.4 Å². The number of rotatable bonds is 2. The second-order valence-corrected chi connectivity index (χ2v) is 1.92. The van der Waals surface area contributed by atoms with Gasteiger partial charge in [0, 0.05) is 0 Å². The molecule has 0 unspecified atom stereocenters. The predicted octanol–water partition coefficient (Wildman–Crippen LogP) is 1.49. The van der Waals surface area contributed by atoms with Gasteiger partial charge in [0.15, 0.2) is 0 Å². The molecule has 1 aromatic carbocycles. The average Bonchev–Trinajstić information content (AvgIpc) is 2.03. The standard InChI is InChI=1S/C9H9O/c10-8-4-7-9-5-2-1-3-6-9/h1-2,4-7,10H,8H2. The van der Waals surface area contributed by atoms with Crippen molar-refractivity contribution in [1.82, 2.24) is 0 Å². The zero-order chi connectivity index (χ0) is 7.23. The van der Waals surface area contributed by atoms with Crippen LogP contribution in [0.5, 0.6) is 0 Å². The van der Waals surface area contributed by atoms with Crippen molar-refractivity contribution in [2.75, 3.05) is 6.61 Å². The third-order valence-electron chi connectivity index (χ3n) is 1.15. The van der Waals surface area contributed by atoms with Crippen LogP contribution in [0.3, 0.4) is 0 Å². The minimum Gasteiger partial charge on any atom is -0.392 e. The maximum atomic E-state index is 8.43. The van der Waals surface area contributed by atoms with Gasteiger partial charge < -0.3 is 5.11 Å². The molecule has 1 aromatic rings. The Hall–Kier alpha value is -1.08. The van der Waals surface area contributed by atoms with Crippen LogP contribution in [0.1, 0.15) is 5.56 Å². The molecule has 0 bridgehead atoms. The smallest absolute Gasteiger partial charge is 0.0615 e. The summed E-state index contributed by atoms with van der Waals surface area (Å²) in [5, 5.41) is 8.43. The van der Waals surface area contributed by atoms with E-state index in [0.717, 1.165) is 5.56 Å². The van der Waals surface area contributed by atoms with E-state index in [0.29, 0.717) is 0 Å². The normalized spacial score (nSPS) is 10.5. The van der Waals surface area contributed by atoms with E-state index in [1.54, 1.807) is 6.08 Å². The molecule has 0 aliphatic rings. The Kier molecular flexibility index (Phi) is 2.71. The Morgan fingerprint density at radius 1 is 1.60 bits per heavy atom. The first-order valence-corrected chi connectivity index (χ1v) is 3.17. The highest BCUT2D eigenvalue weighted by Crippen LogP contribution is 1.98. The lowest BCUT2D eigenvalue weighted by molar-refractivity contribution is 0.343.